The Morgan fingerprint density at radius 2 is 1.71 bits per heavy atom. The molecule has 0 bridgehead atoms. The van der Waals surface area contributed by atoms with Crippen LogP contribution in [0.15, 0.2) is 54.6 Å². The summed E-state index contributed by atoms with van der Waals surface area (Å²) in [6, 6.07) is 16.1. The molecule has 0 saturated heterocycles. The van der Waals surface area contributed by atoms with E-state index in [1.807, 2.05) is 42.5 Å². The second-order valence-corrected chi connectivity index (χ2v) is 5.98. The predicted octanol–water partition coefficient (Wildman–Crippen LogP) is 3.43. The zero-order valence-corrected chi connectivity index (χ0v) is 12.4. The van der Waals surface area contributed by atoms with Crippen molar-refractivity contribution in [1.82, 2.24) is 0 Å². The highest BCUT2D eigenvalue weighted by molar-refractivity contribution is 7.99. The van der Waals surface area contributed by atoms with Gasteiger partial charge in [-0.25, -0.2) is 0 Å². The molecule has 1 atom stereocenters. The van der Waals surface area contributed by atoms with E-state index in [9.17, 15) is 9.90 Å². The van der Waals surface area contributed by atoms with Gasteiger partial charge in [0.05, 0.1) is 6.61 Å². The lowest BCUT2D eigenvalue weighted by Crippen LogP contribution is -2.06. The first-order valence-corrected chi connectivity index (χ1v) is 7.85. The van der Waals surface area contributed by atoms with Crippen LogP contribution in [0, 0.1) is 0 Å². The lowest BCUT2D eigenvalue weighted by molar-refractivity contribution is 0.0982. The molecule has 2 N–H and O–H groups in total. The van der Waals surface area contributed by atoms with Crippen LogP contribution >= 0.6 is 11.8 Å². The largest absolute Gasteiger partial charge is 0.508 e. The Morgan fingerprint density at radius 3 is 2.33 bits per heavy atom. The Kier molecular flexibility index (Phi) is 5.84. The maximum atomic E-state index is 12.3. The van der Waals surface area contributed by atoms with Gasteiger partial charge in [-0.1, -0.05) is 42.5 Å². The van der Waals surface area contributed by atoms with Crippen LogP contribution in [0.1, 0.15) is 27.6 Å². The maximum absolute atomic E-state index is 12.3. The van der Waals surface area contributed by atoms with Crippen molar-refractivity contribution < 1.29 is 15.0 Å². The molecule has 2 aromatic rings. The molecule has 0 aliphatic heterocycles. The normalized spacial score (nSPS) is 12.0. The van der Waals surface area contributed by atoms with Gasteiger partial charge >= 0.3 is 0 Å². The van der Waals surface area contributed by atoms with Crippen LogP contribution in [-0.4, -0.2) is 28.4 Å². The monoisotopic (exact) mass is 302 g/mol. The number of hydrogen-bond acceptors (Lipinski definition) is 4. The first-order valence-electron chi connectivity index (χ1n) is 6.80. The molecule has 0 aromatic heterocycles. The van der Waals surface area contributed by atoms with Crippen molar-refractivity contribution in [3.63, 3.8) is 0 Å². The van der Waals surface area contributed by atoms with Crippen molar-refractivity contribution >= 4 is 17.5 Å². The number of aliphatic hydroxyl groups is 1. The van der Waals surface area contributed by atoms with E-state index in [2.05, 4.69) is 0 Å². The Hall–Kier alpha value is -1.78. The number of benzene rings is 2. The van der Waals surface area contributed by atoms with E-state index in [0.717, 1.165) is 5.56 Å². The van der Waals surface area contributed by atoms with Crippen LogP contribution in [0.3, 0.4) is 0 Å². The molecule has 2 rings (SSSR count). The van der Waals surface area contributed by atoms with E-state index in [0.29, 0.717) is 17.7 Å². The molecule has 2 aromatic carbocycles. The number of phenolic OH excluding ortho intramolecular Hbond substituents is 1. The third-order valence-corrected chi connectivity index (χ3v) is 4.40. The average molecular weight is 302 g/mol. The number of aliphatic hydroxyl groups excluding tert-OH is 1. The summed E-state index contributed by atoms with van der Waals surface area (Å²) in [5.41, 5.74) is 1.68. The van der Waals surface area contributed by atoms with Gasteiger partial charge in [0.25, 0.3) is 0 Å². The third kappa shape index (κ3) is 4.62. The molecular formula is C17H18O3S. The molecule has 0 heterocycles. The molecule has 0 radical (unpaired) electrons. The zero-order valence-electron chi connectivity index (χ0n) is 11.6. The number of phenols is 1. The Balaban J connectivity index is 2.12. The molecule has 0 fully saturated rings. The van der Waals surface area contributed by atoms with Crippen LogP contribution in [0.25, 0.3) is 0 Å². The molecule has 3 nitrogen and oxygen atoms in total. The highest BCUT2D eigenvalue weighted by Crippen LogP contribution is 2.33. The smallest absolute Gasteiger partial charge is 0.164 e. The number of hydrogen-bond donors (Lipinski definition) is 2. The molecular weight excluding hydrogens is 284 g/mol. The summed E-state index contributed by atoms with van der Waals surface area (Å²) < 4.78 is 0. The standard InChI is InChI=1S/C17H18O3S/c18-10-11-21-17(14-6-8-15(19)9-7-14)12-16(20)13-4-2-1-3-5-13/h1-9,17-19H,10-12H2. The fourth-order valence-electron chi connectivity index (χ4n) is 2.07. The summed E-state index contributed by atoms with van der Waals surface area (Å²) in [7, 11) is 0. The van der Waals surface area contributed by atoms with Crippen molar-refractivity contribution in [2.24, 2.45) is 0 Å². The van der Waals surface area contributed by atoms with E-state index in [1.165, 1.54) is 0 Å². The molecule has 0 amide bonds. The number of carbonyl (C=O) groups is 1. The van der Waals surface area contributed by atoms with Gasteiger partial charge in [-0.15, -0.1) is 0 Å². The summed E-state index contributed by atoms with van der Waals surface area (Å²) in [5, 5.41) is 18.3. The number of thioether (sulfide) groups is 1. The van der Waals surface area contributed by atoms with Crippen molar-refractivity contribution in [1.29, 1.82) is 0 Å². The molecule has 110 valence electrons. The van der Waals surface area contributed by atoms with Crippen LogP contribution in [-0.2, 0) is 0 Å². The number of aromatic hydroxyl groups is 1. The number of ketones is 1. The zero-order chi connectivity index (χ0) is 15.1. The maximum Gasteiger partial charge on any atom is 0.164 e. The van der Waals surface area contributed by atoms with E-state index in [4.69, 9.17) is 5.11 Å². The van der Waals surface area contributed by atoms with Gasteiger partial charge < -0.3 is 10.2 Å². The van der Waals surface area contributed by atoms with Crippen LogP contribution in [0.2, 0.25) is 0 Å². The van der Waals surface area contributed by atoms with Crippen LogP contribution in [0.5, 0.6) is 5.75 Å². The summed E-state index contributed by atoms with van der Waals surface area (Å²) >= 11 is 1.55. The highest BCUT2D eigenvalue weighted by Gasteiger charge is 2.17. The van der Waals surface area contributed by atoms with Gasteiger partial charge in [-0.2, -0.15) is 11.8 Å². The fraction of sp³-hybridized carbons (Fsp3) is 0.235. The SMILES string of the molecule is O=C(CC(SCCO)c1ccc(O)cc1)c1ccccc1. The van der Waals surface area contributed by atoms with Crippen LogP contribution < -0.4 is 0 Å². The predicted molar refractivity (Wildman–Crippen MR) is 85.8 cm³/mol. The lowest BCUT2D eigenvalue weighted by atomic mass is 10.0. The first-order chi connectivity index (χ1) is 10.2. The molecule has 21 heavy (non-hydrogen) atoms. The Bertz CT molecular complexity index is 566. The number of carbonyl (C=O) groups excluding carboxylic acids is 1. The minimum Gasteiger partial charge on any atom is -0.508 e. The summed E-state index contributed by atoms with van der Waals surface area (Å²) in [5.74, 6) is 0.867. The summed E-state index contributed by atoms with van der Waals surface area (Å²) in [4.78, 5) is 12.3. The Morgan fingerprint density at radius 1 is 1.05 bits per heavy atom. The minimum absolute atomic E-state index is 0.0227. The number of rotatable bonds is 7. The van der Waals surface area contributed by atoms with Crippen molar-refractivity contribution in [3.8, 4) is 5.75 Å². The second kappa shape index (κ2) is 7.86. The topological polar surface area (TPSA) is 57.5 Å². The van der Waals surface area contributed by atoms with E-state index < -0.39 is 0 Å². The lowest BCUT2D eigenvalue weighted by Gasteiger charge is -2.16. The van der Waals surface area contributed by atoms with E-state index in [1.54, 1.807) is 23.9 Å². The van der Waals surface area contributed by atoms with Gasteiger partial charge in [0.1, 0.15) is 5.75 Å². The van der Waals surface area contributed by atoms with Crippen molar-refractivity contribution in [3.05, 3.63) is 65.7 Å². The van der Waals surface area contributed by atoms with E-state index >= 15 is 0 Å². The van der Waals surface area contributed by atoms with E-state index in [-0.39, 0.29) is 23.4 Å². The van der Waals surface area contributed by atoms with Gasteiger partial charge in [0.15, 0.2) is 5.78 Å². The van der Waals surface area contributed by atoms with Gasteiger partial charge in [0, 0.05) is 23.0 Å². The average Bonchev–Trinajstić information content (AvgIpc) is 2.53. The van der Waals surface area contributed by atoms with Gasteiger partial charge in [0.2, 0.25) is 0 Å². The van der Waals surface area contributed by atoms with Crippen molar-refractivity contribution in [2.45, 2.75) is 11.7 Å². The van der Waals surface area contributed by atoms with Gasteiger partial charge in [-0.05, 0) is 17.7 Å². The van der Waals surface area contributed by atoms with Crippen LogP contribution in [0.4, 0.5) is 0 Å². The van der Waals surface area contributed by atoms with Crippen molar-refractivity contribution in [2.75, 3.05) is 12.4 Å². The molecule has 0 saturated carbocycles. The summed E-state index contributed by atoms with van der Waals surface area (Å²) in [6.45, 7) is 0.0821. The second-order valence-electron chi connectivity index (χ2n) is 4.67. The molecule has 0 spiro atoms. The highest BCUT2D eigenvalue weighted by atomic mass is 32.2. The number of Topliss-reactive ketones (excluding diaryl/α,β-unsaturated/α-hetero) is 1. The fourth-order valence-corrected chi connectivity index (χ4v) is 3.08. The van der Waals surface area contributed by atoms with Gasteiger partial charge in [-0.3, -0.25) is 4.79 Å². The minimum atomic E-state index is -0.0227. The molecule has 0 aliphatic carbocycles. The quantitative estimate of drug-likeness (QED) is 0.769. The molecule has 1 unspecified atom stereocenters. The molecule has 4 heteroatoms. The summed E-state index contributed by atoms with van der Waals surface area (Å²) in [6.07, 6.45) is 0.374. The third-order valence-electron chi connectivity index (χ3n) is 3.14. The Labute approximate surface area is 128 Å². The molecule has 0 aliphatic rings. The first kappa shape index (κ1) is 15.6.